The van der Waals surface area contributed by atoms with Crippen LogP contribution in [-0.2, 0) is 11.3 Å². The zero-order valence-electron chi connectivity index (χ0n) is 11.7. The molecule has 1 N–H and O–H groups in total. The van der Waals surface area contributed by atoms with Gasteiger partial charge in [-0.25, -0.2) is 0 Å². The van der Waals surface area contributed by atoms with Crippen LogP contribution in [0.15, 0.2) is 0 Å². The molecular weight excluding hydrogens is 230 g/mol. The number of hydrogen-bond acceptors (Lipinski definition) is 3. The van der Waals surface area contributed by atoms with Crippen LogP contribution in [0.5, 0.6) is 0 Å². The van der Waals surface area contributed by atoms with Crippen LogP contribution >= 0.6 is 0 Å². The SMILES string of the molecule is Cc1nn(CC(=O)NC(C)C(C)C)c(C)c1C=O. The minimum atomic E-state index is -0.0840. The number of carbonyl (C=O) groups is 2. The second-order valence-electron chi connectivity index (χ2n) is 4.96. The number of hydrogen-bond donors (Lipinski definition) is 1. The number of aromatic nitrogens is 2. The standard InChI is InChI=1S/C13H21N3O2/c1-8(2)9(3)14-13(18)6-16-11(5)12(7-17)10(4)15-16/h7-9H,6H2,1-5H3,(H,14,18). The molecule has 18 heavy (non-hydrogen) atoms. The Morgan fingerprint density at radius 2 is 2.00 bits per heavy atom. The molecule has 0 fully saturated rings. The Labute approximate surface area is 108 Å². The summed E-state index contributed by atoms with van der Waals surface area (Å²) in [5, 5.41) is 7.11. The van der Waals surface area contributed by atoms with Crippen molar-refractivity contribution in [3.8, 4) is 0 Å². The van der Waals surface area contributed by atoms with Crippen LogP contribution in [-0.4, -0.2) is 28.0 Å². The molecule has 0 aromatic carbocycles. The molecule has 1 atom stereocenters. The van der Waals surface area contributed by atoms with Crippen molar-refractivity contribution in [2.45, 2.75) is 47.2 Å². The smallest absolute Gasteiger partial charge is 0.241 e. The van der Waals surface area contributed by atoms with E-state index in [1.807, 2.05) is 6.92 Å². The summed E-state index contributed by atoms with van der Waals surface area (Å²) in [6, 6.07) is 0.125. The molecule has 0 aliphatic heterocycles. The molecule has 5 heteroatoms. The molecule has 1 aromatic rings. The highest BCUT2D eigenvalue weighted by atomic mass is 16.2. The summed E-state index contributed by atoms with van der Waals surface area (Å²) >= 11 is 0. The number of nitrogens with one attached hydrogen (secondary N) is 1. The Kier molecular flexibility index (Phi) is 4.64. The number of aryl methyl sites for hydroxylation is 1. The molecule has 100 valence electrons. The lowest BCUT2D eigenvalue weighted by Gasteiger charge is -2.17. The van der Waals surface area contributed by atoms with Crippen LogP contribution in [0.2, 0.25) is 0 Å². The normalized spacial score (nSPS) is 12.6. The van der Waals surface area contributed by atoms with E-state index in [2.05, 4.69) is 24.3 Å². The van der Waals surface area contributed by atoms with E-state index in [1.54, 1.807) is 18.5 Å². The van der Waals surface area contributed by atoms with Crippen molar-refractivity contribution in [3.05, 3.63) is 17.0 Å². The van der Waals surface area contributed by atoms with Gasteiger partial charge in [0.1, 0.15) is 6.54 Å². The minimum Gasteiger partial charge on any atom is -0.352 e. The predicted molar refractivity (Wildman–Crippen MR) is 69.5 cm³/mol. The number of carbonyl (C=O) groups excluding carboxylic acids is 2. The van der Waals surface area contributed by atoms with Gasteiger partial charge in [-0.3, -0.25) is 14.3 Å². The van der Waals surface area contributed by atoms with Crippen LogP contribution in [0.1, 0.15) is 42.5 Å². The van der Waals surface area contributed by atoms with Gasteiger partial charge in [0.15, 0.2) is 6.29 Å². The van der Waals surface area contributed by atoms with Crippen molar-refractivity contribution < 1.29 is 9.59 Å². The average molecular weight is 251 g/mol. The van der Waals surface area contributed by atoms with Crippen LogP contribution in [0.25, 0.3) is 0 Å². The van der Waals surface area contributed by atoms with Crippen molar-refractivity contribution in [2.75, 3.05) is 0 Å². The average Bonchev–Trinajstić information content (AvgIpc) is 2.53. The number of nitrogens with zero attached hydrogens (tertiary/aromatic N) is 2. The lowest BCUT2D eigenvalue weighted by atomic mass is 10.1. The molecule has 0 aliphatic rings. The Bertz CT molecular complexity index is 449. The molecule has 0 saturated heterocycles. The molecule has 0 radical (unpaired) electrons. The maximum atomic E-state index is 11.8. The van der Waals surface area contributed by atoms with Crippen LogP contribution < -0.4 is 5.32 Å². The van der Waals surface area contributed by atoms with E-state index in [0.717, 1.165) is 12.0 Å². The van der Waals surface area contributed by atoms with Gasteiger partial charge in [-0.05, 0) is 26.7 Å². The van der Waals surface area contributed by atoms with E-state index in [9.17, 15) is 9.59 Å². The third-order valence-corrected chi connectivity index (χ3v) is 3.24. The van der Waals surface area contributed by atoms with Gasteiger partial charge in [-0.2, -0.15) is 5.10 Å². The van der Waals surface area contributed by atoms with E-state index < -0.39 is 0 Å². The van der Waals surface area contributed by atoms with Gasteiger partial charge in [0, 0.05) is 11.7 Å². The first kappa shape index (κ1) is 14.4. The minimum absolute atomic E-state index is 0.0840. The lowest BCUT2D eigenvalue weighted by molar-refractivity contribution is -0.122. The Balaban J connectivity index is 2.74. The van der Waals surface area contributed by atoms with Gasteiger partial charge >= 0.3 is 0 Å². The monoisotopic (exact) mass is 251 g/mol. The Morgan fingerprint density at radius 1 is 1.39 bits per heavy atom. The fraction of sp³-hybridized carbons (Fsp3) is 0.615. The zero-order chi connectivity index (χ0) is 13.9. The number of aldehydes is 1. The van der Waals surface area contributed by atoms with Crippen molar-refractivity contribution in [2.24, 2.45) is 5.92 Å². The van der Waals surface area contributed by atoms with Crippen molar-refractivity contribution >= 4 is 12.2 Å². The Morgan fingerprint density at radius 3 is 2.44 bits per heavy atom. The summed E-state index contributed by atoms with van der Waals surface area (Å²) in [5.41, 5.74) is 1.96. The zero-order valence-corrected chi connectivity index (χ0v) is 11.7. The van der Waals surface area contributed by atoms with Gasteiger partial charge in [-0.15, -0.1) is 0 Å². The summed E-state index contributed by atoms with van der Waals surface area (Å²) in [4.78, 5) is 22.7. The fourth-order valence-electron chi connectivity index (χ4n) is 1.64. The predicted octanol–water partition coefficient (Wildman–Crippen LogP) is 1.47. The first-order chi connectivity index (χ1) is 8.36. The highest BCUT2D eigenvalue weighted by molar-refractivity contribution is 5.79. The topological polar surface area (TPSA) is 64.0 Å². The Hall–Kier alpha value is -1.65. The summed E-state index contributed by atoms with van der Waals surface area (Å²) in [5.74, 6) is 0.305. The third-order valence-electron chi connectivity index (χ3n) is 3.24. The first-order valence-electron chi connectivity index (χ1n) is 6.15. The van der Waals surface area contributed by atoms with Crippen LogP contribution in [0.4, 0.5) is 0 Å². The van der Waals surface area contributed by atoms with E-state index in [-0.39, 0.29) is 18.5 Å². The summed E-state index contributed by atoms with van der Waals surface area (Å²) in [6.45, 7) is 9.79. The van der Waals surface area contributed by atoms with Gasteiger partial charge in [0.25, 0.3) is 0 Å². The summed E-state index contributed by atoms with van der Waals surface area (Å²) < 4.78 is 1.57. The molecular formula is C13H21N3O2. The molecule has 0 aliphatic carbocycles. The van der Waals surface area contributed by atoms with Crippen LogP contribution in [0.3, 0.4) is 0 Å². The fourth-order valence-corrected chi connectivity index (χ4v) is 1.64. The molecule has 0 saturated carbocycles. The molecule has 1 aromatic heterocycles. The maximum absolute atomic E-state index is 11.8. The van der Waals surface area contributed by atoms with E-state index in [4.69, 9.17) is 0 Å². The maximum Gasteiger partial charge on any atom is 0.241 e. The van der Waals surface area contributed by atoms with Gasteiger partial charge in [-0.1, -0.05) is 13.8 Å². The second-order valence-corrected chi connectivity index (χ2v) is 4.96. The quantitative estimate of drug-likeness (QED) is 0.806. The first-order valence-corrected chi connectivity index (χ1v) is 6.15. The van der Waals surface area contributed by atoms with E-state index >= 15 is 0 Å². The second kappa shape index (κ2) is 5.80. The largest absolute Gasteiger partial charge is 0.352 e. The number of amides is 1. The summed E-state index contributed by atoms with van der Waals surface area (Å²) in [6.07, 6.45) is 0.781. The van der Waals surface area contributed by atoms with E-state index in [1.165, 1.54) is 0 Å². The van der Waals surface area contributed by atoms with E-state index in [0.29, 0.717) is 17.2 Å². The molecule has 1 unspecified atom stereocenters. The summed E-state index contributed by atoms with van der Waals surface area (Å²) in [7, 11) is 0. The molecule has 0 spiro atoms. The lowest BCUT2D eigenvalue weighted by Crippen LogP contribution is -2.38. The van der Waals surface area contributed by atoms with Crippen LogP contribution in [0, 0.1) is 19.8 Å². The van der Waals surface area contributed by atoms with Gasteiger partial charge in [0.05, 0.1) is 11.3 Å². The highest BCUT2D eigenvalue weighted by Crippen LogP contribution is 2.10. The molecule has 1 amide bonds. The van der Waals surface area contributed by atoms with Crippen molar-refractivity contribution in [1.82, 2.24) is 15.1 Å². The molecule has 1 rings (SSSR count). The van der Waals surface area contributed by atoms with Gasteiger partial charge < -0.3 is 5.32 Å². The highest BCUT2D eigenvalue weighted by Gasteiger charge is 2.15. The molecule has 1 heterocycles. The molecule has 0 bridgehead atoms. The van der Waals surface area contributed by atoms with Crippen molar-refractivity contribution in [1.29, 1.82) is 0 Å². The third kappa shape index (κ3) is 3.18. The van der Waals surface area contributed by atoms with Gasteiger partial charge in [0.2, 0.25) is 5.91 Å². The molecule has 5 nitrogen and oxygen atoms in total. The van der Waals surface area contributed by atoms with Crippen molar-refractivity contribution in [3.63, 3.8) is 0 Å². The number of rotatable bonds is 5.